The molecule has 0 aromatic carbocycles. The van der Waals surface area contributed by atoms with Gasteiger partial charge in [0.1, 0.15) is 6.61 Å². The van der Waals surface area contributed by atoms with Crippen molar-refractivity contribution in [2.45, 2.75) is 187 Å². The van der Waals surface area contributed by atoms with Crippen molar-refractivity contribution in [3.05, 3.63) is 122 Å². The zero-order valence-electron chi connectivity index (χ0n) is 42.3. The van der Waals surface area contributed by atoms with Gasteiger partial charge in [-0.2, -0.15) is 0 Å². The number of esters is 2. The van der Waals surface area contributed by atoms with E-state index in [1.54, 1.807) is 0 Å². The number of likely N-dealkylation sites (N-methyl/N-ethyl adjacent to an activating group) is 1. The van der Waals surface area contributed by atoms with E-state index in [9.17, 15) is 19.5 Å². The Labute approximate surface area is 403 Å². The van der Waals surface area contributed by atoms with Crippen LogP contribution in [0.15, 0.2) is 122 Å². The smallest absolute Gasteiger partial charge is 0.362 e. The fourth-order valence-corrected chi connectivity index (χ4v) is 6.73. The number of carboxylic acids is 1. The molecule has 0 spiro atoms. The van der Waals surface area contributed by atoms with E-state index in [0.717, 1.165) is 128 Å². The summed E-state index contributed by atoms with van der Waals surface area (Å²) in [6.45, 7) is 4.45. The van der Waals surface area contributed by atoms with Crippen molar-refractivity contribution < 1.29 is 38.2 Å². The summed E-state index contributed by atoms with van der Waals surface area (Å²) in [5.74, 6) is -1.53. The summed E-state index contributed by atoms with van der Waals surface area (Å²) in [6.07, 6.45) is 66.7. The first kappa shape index (κ1) is 61.7. The van der Waals surface area contributed by atoms with Gasteiger partial charge in [-0.3, -0.25) is 9.59 Å². The van der Waals surface area contributed by atoms with E-state index in [2.05, 4.69) is 135 Å². The number of unbranched alkanes of at least 4 members (excludes halogenated alkanes) is 10. The number of rotatable bonds is 44. The molecule has 0 radical (unpaired) electrons. The van der Waals surface area contributed by atoms with Crippen LogP contribution in [-0.4, -0.2) is 80.6 Å². The Morgan fingerprint density at radius 2 is 0.803 bits per heavy atom. The molecule has 0 saturated heterocycles. The average molecular weight is 917 g/mol. The fraction of sp³-hybridized carbons (Fsp3) is 0.603. The molecule has 372 valence electrons. The van der Waals surface area contributed by atoms with Gasteiger partial charge in [0.05, 0.1) is 34.4 Å². The Bertz CT molecular complexity index is 1490. The predicted molar refractivity (Wildman–Crippen MR) is 279 cm³/mol. The van der Waals surface area contributed by atoms with Crippen molar-refractivity contribution in [2.24, 2.45) is 0 Å². The molecule has 2 unspecified atom stereocenters. The van der Waals surface area contributed by atoms with Crippen molar-refractivity contribution in [3.63, 3.8) is 0 Å². The van der Waals surface area contributed by atoms with E-state index < -0.39 is 18.1 Å². The highest BCUT2D eigenvalue weighted by Crippen LogP contribution is 2.13. The minimum atomic E-state index is -0.887. The van der Waals surface area contributed by atoms with Gasteiger partial charge in [-0.25, -0.2) is 4.79 Å². The standard InChI is InChI=1S/C58H93NO7/c1-6-8-10-12-14-16-18-20-22-24-26-28-29-31-32-34-36-38-40-42-44-46-48-56(60)65-53-54(52-64-51-50-55(58(62)63)59(3,4)5)66-57(61)49-47-45-43-41-39-37-35-33-30-27-25-23-21-19-17-15-13-11-9-7-2/h8-11,14-17,20-23,26-28,30-32,35,37,54-55H,6-7,12-13,18-19,24-25,29,33-34,36,38-53H2,1-5H3/p+1/b10-8+,11-9+,16-14+,17-15+,22-20+,23-21+,28-26+,30-27+,32-31+,37-35+. The summed E-state index contributed by atoms with van der Waals surface area (Å²) < 4.78 is 17.3. The number of carboxylic acid groups (broad SMARTS) is 1. The second-order valence-electron chi connectivity index (χ2n) is 17.7. The van der Waals surface area contributed by atoms with Gasteiger partial charge in [-0.15, -0.1) is 0 Å². The molecule has 0 saturated carbocycles. The quantitative estimate of drug-likeness (QED) is 0.0281. The highest BCUT2D eigenvalue weighted by atomic mass is 16.6. The fourth-order valence-electron chi connectivity index (χ4n) is 6.73. The lowest BCUT2D eigenvalue weighted by Crippen LogP contribution is -2.50. The molecule has 8 heteroatoms. The van der Waals surface area contributed by atoms with Crippen molar-refractivity contribution in [1.82, 2.24) is 0 Å². The maximum Gasteiger partial charge on any atom is 0.362 e. The van der Waals surface area contributed by atoms with E-state index in [0.29, 0.717) is 12.8 Å². The van der Waals surface area contributed by atoms with Crippen LogP contribution < -0.4 is 0 Å². The van der Waals surface area contributed by atoms with Crippen LogP contribution in [0.1, 0.15) is 174 Å². The minimum absolute atomic E-state index is 0.0371. The molecule has 0 amide bonds. The molecule has 0 aromatic heterocycles. The maximum atomic E-state index is 12.8. The number of carbonyl (C=O) groups excluding carboxylic acids is 2. The SMILES string of the molecule is CC/C=C/C/C=C/C/C=C/C/C=C/C/C=C/CCCCCCCCC(=O)OCC(COCCC(C(=O)O)[N+](C)(C)C)OC(=O)CCCCCC/C=C/C/C=C/C/C=C/C/C=C/C/C=C/CC. The number of aliphatic carboxylic acids is 1. The van der Waals surface area contributed by atoms with Crippen LogP contribution in [0.3, 0.4) is 0 Å². The Kier molecular flexibility index (Phi) is 44.2. The minimum Gasteiger partial charge on any atom is -0.477 e. The number of ether oxygens (including phenoxy) is 3. The zero-order valence-corrected chi connectivity index (χ0v) is 42.3. The molecule has 0 aliphatic rings. The molecule has 8 nitrogen and oxygen atoms in total. The van der Waals surface area contributed by atoms with E-state index in [4.69, 9.17) is 14.2 Å². The molecule has 0 bridgehead atoms. The van der Waals surface area contributed by atoms with Gasteiger partial charge >= 0.3 is 17.9 Å². The van der Waals surface area contributed by atoms with Crippen LogP contribution in [0.2, 0.25) is 0 Å². The monoisotopic (exact) mass is 917 g/mol. The van der Waals surface area contributed by atoms with Gasteiger partial charge in [0.25, 0.3) is 0 Å². The van der Waals surface area contributed by atoms with Crippen molar-refractivity contribution in [3.8, 4) is 0 Å². The molecule has 0 rings (SSSR count). The molecular weight excluding hydrogens is 823 g/mol. The van der Waals surface area contributed by atoms with Crippen molar-refractivity contribution >= 4 is 17.9 Å². The van der Waals surface area contributed by atoms with Crippen LogP contribution in [0.4, 0.5) is 0 Å². The Hall–Kier alpha value is -4.27. The lowest BCUT2D eigenvalue weighted by Gasteiger charge is -2.31. The maximum absolute atomic E-state index is 12.8. The van der Waals surface area contributed by atoms with Crippen LogP contribution in [0.5, 0.6) is 0 Å². The van der Waals surface area contributed by atoms with Gasteiger partial charge in [-0.05, 0) is 103 Å². The lowest BCUT2D eigenvalue weighted by molar-refractivity contribution is -0.887. The third kappa shape index (κ3) is 44.9. The van der Waals surface area contributed by atoms with Crippen LogP contribution >= 0.6 is 0 Å². The van der Waals surface area contributed by atoms with Crippen molar-refractivity contribution in [1.29, 1.82) is 0 Å². The van der Waals surface area contributed by atoms with E-state index >= 15 is 0 Å². The number of allylic oxidation sites excluding steroid dienone is 20. The van der Waals surface area contributed by atoms with E-state index in [1.165, 1.54) is 12.8 Å². The first-order chi connectivity index (χ1) is 32.1. The van der Waals surface area contributed by atoms with Crippen molar-refractivity contribution in [2.75, 3.05) is 41.0 Å². The number of nitrogens with zero attached hydrogens (tertiary/aromatic N) is 1. The van der Waals surface area contributed by atoms with Crippen LogP contribution in [0, 0.1) is 0 Å². The number of carbonyl (C=O) groups is 3. The topological polar surface area (TPSA) is 99.1 Å². The summed E-state index contributed by atoms with van der Waals surface area (Å²) in [4.78, 5) is 37.2. The Balaban J connectivity index is 4.37. The molecular formula is C58H94NO7+. The third-order valence-electron chi connectivity index (χ3n) is 10.6. The van der Waals surface area contributed by atoms with Gasteiger partial charge in [0.2, 0.25) is 0 Å². The van der Waals surface area contributed by atoms with Gasteiger partial charge in [0.15, 0.2) is 12.1 Å². The largest absolute Gasteiger partial charge is 0.477 e. The lowest BCUT2D eigenvalue weighted by atomic mass is 10.1. The summed E-state index contributed by atoms with van der Waals surface area (Å²) in [5, 5.41) is 9.66. The summed E-state index contributed by atoms with van der Waals surface area (Å²) in [6, 6.07) is -0.631. The van der Waals surface area contributed by atoms with Gasteiger partial charge in [-0.1, -0.05) is 174 Å². The molecule has 0 aliphatic heterocycles. The molecule has 0 fully saturated rings. The Morgan fingerprint density at radius 1 is 0.455 bits per heavy atom. The Morgan fingerprint density at radius 3 is 1.18 bits per heavy atom. The number of hydrogen-bond acceptors (Lipinski definition) is 6. The normalized spacial score (nSPS) is 13.9. The first-order valence-corrected chi connectivity index (χ1v) is 25.6. The molecule has 0 aromatic rings. The molecule has 1 N–H and O–H groups in total. The molecule has 66 heavy (non-hydrogen) atoms. The highest BCUT2D eigenvalue weighted by Gasteiger charge is 2.31. The van der Waals surface area contributed by atoms with Crippen LogP contribution in [0.25, 0.3) is 0 Å². The number of hydrogen-bond donors (Lipinski definition) is 1. The summed E-state index contributed by atoms with van der Waals surface area (Å²) in [5.41, 5.74) is 0. The van der Waals surface area contributed by atoms with Crippen LogP contribution in [-0.2, 0) is 28.6 Å². The predicted octanol–water partition coefficient (Wildman–Crippen LogP) is 15.0. The molecule has 2 atom stereocenters. The van der Waals surface area contributed by atoms with Gasteiger partial charge in [0, 0.05) is 19.3 Å². The highest BCUT2D eigenvalue weighted by molar-refractivity contribution is 5.72. The second kappa shape index (κ2) is 47.2. The third-order valence-corrected chi connectivity index (χ3v) is 10.6. The summed E-state index contributed by atoms with van der Waals surface area (Å²) in [7, 11) is 5.51. The van der Waals surface area contributed by atoms with E-state index in [-0.39, 0.29) is 42.7 Å². The molecule has 0 heterocycles. The van der Waals surface area contributed by atoms with Gasteiger partial charge < -0.3 is 23.8 Å². The first-order valence-electron chi connectivity index (χ1n) is 25.6. The zero-order chi connectivity index (χ0) is 48.4. The number of quaternary nitrogens is 1. The van der Waals surface area contributed by atoms with E-state index in [1.807, 2.05) is 21.1 Å². The molecule has 0 aliphatic carbocycles. The second-order valence-corrected chi connectivity index (χ2v) is 17.7. The summed E-state index contributed by atoms with van der Waals surface area (Å²) >= 11 is 0. The average Bonchev–Trinajstić information content (AvgIpc) is 3.28.